The molecule has 1 unspecified atom stereocenters. The number of aryl methyl sites for hydroxylation is 1. The quantitative estimate of drug-likeness (QED) is 0.353. The van der Waals surface area contributed by atoms with E-state index < -0.39 is 17.7 Å². The van der Waals surface area contributed by atoms with E-state index in [-0.39, 0.29) is 24.0 Å². The summed E-state index contributed by atoms with van der Waals surface area (Å²) >= 11 is 0. The number of aliphatic hydroxyl groups excluding tert-OH is 1. The van der Waals surface area contributed by atoms with E-state index >= 15 is 0 Å². The first-order valence-electron chi connectivity index (χ1n) is 10.4. The molecule has 0 saturated carbocycles. The first kappa shape index (κ1) is 21.4. The van der Waals surface area contributed by atoms with E-state index in [1.165, 1.54) is 11.2 Å². The van der Waals surface area contributed by atoms with E-state index in [9.17, 15) is 14.7 Å². The molecule has 2 aromatic heterocycles. The number of pyridine rings is 1. The molecule has 1 saturated heterocycles. The number of aliphatic hydroxyl groups is 1. The minimum atomic E-state index is -0.840. The topological polar surface area (TPSA) is 92.9 Å². The number of likely N-dealkylation sites (tertiary alicyclic amines) is 1. The Hall–Kier alpha value is -3.87. The van der Waals surface area contributed by atoms with Gasteiger partial charge in [0.1, 0.15) is 23.3 Å². The number of furan rings is 1. The fourth-order valence-corrected chi connectivity index (χ4v) is 3.80. The highest BCUT2D eigenvalue weighted by Crippen LogP contribution is 2.40. The van der Waals surface area contributed by atoms with Gasteiger partial charge in [-0.15, -0.1) is 0 Å². The monoisotopic (exact) mass is 432 g/mol. The zero-order valence-corrected chi connectivity index (χ0v) is 18.1. The van der Waals surface area contributed by atoms with Crippen LogP contribution >= 0.6 is 0 Å². The molecule has 4 rings (SSSR count). The van der Waals surface area contributed by atoms with Crippen LogP contribution in [0.25, 0.3) is 5.76 Å². The summed E-state index contributed by atoms with van der Waals surface area (Å²) < 4.78 is 11.1. The number of aromatic nitrogens is 1. The van der Waals surface area contributed by atoms with Crippen LogP contribution in [0.1, 0.15) is 42.5 Å². The average molecular weight is 432 g/mol. The van der Waals surface area contributed by atoms with Gasteiger partial charge in [-0.25, -0.2) is 0 Å². The van der Waals surface area contributed by atoms with E-state index in [0.29, 0.717) is 22.8 Å². The number of hydrogen-bond acceptors (Lipinski definition) is 6. The summed E-state index contributed by atoms with van der Waals surface area (Å²) in [7, 11) is 0. The summed E-state index contributed by atoms with van der Waals surface area (Å²) in [5, 5.41) is 11.2. The minimum absolute atomic E-state index is 0.00261. The van der Waals surface area contributed by atoms with Crippen LogP contribution in [-0.2, 0) is 16.1 Å². The highest BCUT2D eigenvalue weighted by molar-refractivity contribution is 6.46. The van der Waals surface area contributed by atoms with E-state index in [1.807, 2.05) is 20.8 Å². The molecule has 1 atom stereocenters. The van der Waals surface area contributed by atoms with Crippen molar-refractivity contribution in [1.29, 1.82) is 0 Å². The molecule has 1 N–H and O–H groups in total. The molecule has 0 spiro atoms. The van der Waals surface area contributed by atoms with Gasteiger partial charge in [0, 0.05) is 11.8 Å². The van der Waals surface area contributed by atoms with Crippen LogP contribution in [-0.4, -0.2) is 32.8 Å². The second-order valence-electron chi connectivity index (χ2n) is 7.91. The Kier molecular flexibility index (Phi) is 5.81. The Morgan fingerprint density at radius 2 is 2.00 bits per heavy atom. The molecule has 0 aliphatic carbocycles. The van der Waals surface area contributed by atoms with Gasteiger partial charge in [0.25, 0.3) is 11.7 Å². The number of amides is 1. The summed E-state index contributed by atoms with van der Waals surface area (Å²) in [6, 6.07) is 13.0. The van der Waals surface area contributed by atoms with Crippen LogP contribution in [0.15, 0.2) is 71.0 Å². The third-order valence-electron chi connectivity index (χ3n) is 5.23. The largest absolute Gasteiger partial charge is 0.507 e. The minimum Gasteiger partial charge on any atom is -0.507 e. The lowest BCUT2D eigenvalue weighted by atomic mass is 9.97. The third kappa shape index (κ3) is 4.01. The number of carbonyl (C=O) groups excluding carboxylic acids is 2. The van der Waals surface area contributed by atoms with E-state index in [1.54, 1.807) is 54.7 Å². The van der Waals surface area contributed by atoms with Gasteiger partial charge in [-0.1, -0.05) is 6.07 Å². The van der Waals surface area contributed by atoms with Crippen molar-refractivity contribution < 1.29 is 23.8 Å². The first-order valence-corrected chi connectivity index (χ1v) is 10.4. The maximum absolute atomic E-state index is 13.0. The lowest BCUT2D eigenvalue weighted by molar-refractivity contribution is -0.140. The van der Waals surface area contributed by atoms with E-state index in [4.69, 9.17) is 9.15 Å². The number of rotatable bonds is 6. The summed E-state index contributed by atoms with van der Waals surface area (Å²) in [5.74, 6) is -0.505. The van der Waals surface area contributed by atoms with Crippen molar-refractivity contribution in [3.8, 4) is 5.75 Å². The van der Waals surface area contributed by atoms with E-state index in [0.717, 1.165) is 5.56 Å². The molecule has 3 aromatic rings. The van der Waals surface area contributed by atoms with Gasteiger partial charge in [0.15, 0.2) is 0 Å². The molecule has 7 heteroatoms. The Morgan fingerprint density at radius 3 is 2.62 bits per heavy atom. The molecule has 0 radical (unpaired) electrons. The number of Topliss-reactive ketones (excluding diaryl/α,β-unsaturated/α-hetero) is 1. The summed E-state index contributed by atoms with van der Waals surface area (Å²) in [6.45, 7) is 5.80. The van der Waals surface area contributed by atoms with Crippen molar-refractivity contribution in [2.45, 2.75) is 39.5 Å². The first-order chi connectivity index (χ1) is 15.4. The van der Waals surface area contributed by atoms with Crippen molar-refractivity contribution in [2.75, 3.05) is 0 Å². The molecule has 164 valence electrons. The summed E-state index contributed by atoms with van der Waals surface area (Å²) in [6.07, 6.45) is 3.10. The molecule has 3 heterocycles. The number of ether oxygens (including phenoxy) is 1. The van der Waals surface area contributed by atoms with Crippen LogP contribution in [0.5, 0.6) is 5.75 Å². The number of nitrogens with zero attached hydrogens (tertiary/aromatic N) is 2. The molecule has 1 aromatic carbocycles. The van der Waals surface area contributed by atoms with Crippen LogP contribution in [0.4, 0.5) is 0 Å². The third-order valence-corrected chi connectivity index (χ3v) is 5.23. The second kappa shape index (κ2) is 8.70. The second-order valence-corrected chi connectivity index (χ2v) is 7.91. The number of benzene rings is 1. The summed E-state index contributed by atoms with van der Waals surface area (Å²) in [5.41, 5.74) is 1.71. The fourth-order valence-electron chi connectivity index (χ4n) is 3.80. The van der Waals surface area contributed by atoms with Crippen molar-refractivity contribution in [3.63, 3.8) is 0 Å². The lowest BCUT2D eigenvalue weighted by Gasteiger charge is -2.23. The highest BCUT2D eigenvalue weighted by atomic mass is 16.5. The van der Waals surface area contributed by atoms with Gasteiger partial charge in [0.05, 0.1) is 30.2 Å². The molecule has 32 heavy (non-hydrogen) atoms. The molecule has 1 aliphatic heterocycles. The fraction of sp³-hybridized carbons (Fsp3) is 0.240. The van der Waals surface area contributed by atoms with Gasteiger partial charge in [0.2, 0.25) is 0 Å². The van der Waals surface area contributed by atoms with Crippen LogP contribution in [0.2, 0.25) is 0 Å². The standard InChI is InChI=1S/C25H24N2O5/c1-15(2)32-20-10-9-17(13-16(20)3)23(28)21-22(19-8-4-5-11-26-19)27(25(30)24(21)29)14-18-7-6-12-31-18/h4-13,15,22,28H,14H2,1-3H3/b23-21-. The predicted molar refractivity (Wildman–Crippen MR) is 118 cm³/mol. The van der Waals surface area contributed by atoms with Crippen molar-refractivity contribution in [3.05, 3.63) is 89.1 Å². The maximum Gasteiger partial charge on any atom is 0.296 e. The molecule has 1 amide bonds. The Morgan fingerprint density at radius 1 is 1.19 bits per heavy atom. The van der Waals surface area contributed by atoms with Gasteiger partial charge in [-0.2, -0.15) is 0 Å². The smallest absolute Gasteiger partial charge is 0.296 e. The van der Waals surface area contributed by atoms with Crippen molar-refractivity contribution >= 4 is 17.4 Å². The summed E-state index contributed by atoms with van der Waals surface area (Å²) in [4.78, 5) is 31.7. The Bertz CT molecular complexity index is 1170. The number of hydrogen-bond donors (Lipinski definition) is 1. The van der Waals surface area contributed by atoms with Gasteiger partial charge >= 0.3 is 0 Å². The molecule has 0 bridgehead atoms. The van der Waals surface area contributed by atoms with E-state index in [2.05, 4.69) is 4.98 Å². The number of carbonyl (C=O) groups is 2. The molecular weight excluding hydrogens is 408 g/mol. The molecule has 1 fully saturated rings. The van der Waals surface area contributed by atoms with Gasteiger partial charge < -0.3 is 19.2 Å². The highest BCUT2D eigenvalue weighted by Gasteiger charge is 2.47. The predicted octanol–water partition coefficient (Wildman–Crippen LogP) is 4.39. The number of ketones is 1. The Labute approximate surface area is 186 Å². The van der Waals surface area contributed by atoms with Crippen LogP contribution in [0, 0.1) is 6.92 Å². The van der Waals surface area contributed by atoms with Crippen molar-refractivity contribution in [1.82, 2.24) is 9.88 Å². The molecule has 1 aliphatic rings. The van der Waals surface area contributed by atoms with Crippen LogP contribution < -0.4 is 4.74 Å². The van der Waals surface area contributed by atoms with Crippen molar-refractivity contribution in [2.24, 2.45) is 0 Å². The average Bonchev–Trinajstić information content (AvgIpc) is 3.37. The maximum atomic E-state index is 13.0. The molecule has 7 nitrogen and oxygen atoms in total. The SMILES string of the molecule is Cc1cc(/C(O)=C2/C(=O)C(=O)N(Cc3ccco3)C2c2ccccn2)ccc1OC(C)C. The lowest BCUT2D eigenvalue weighted by Crippen LogP contribution is -2.29. The normalized spacial score (nSPS) is 17.9. The zero-order chi connectivity index (χ0) is 22.8. The zero-order valence-electron chi connectivity index (χ0n) is 18.1. The molecular formula is C25H24N2O5. The van der Waals surface area contributed by atoms with Gasteiger partial charge in [-0.05, 0) is 68.8 Å². The van der Waals surface area contributed by atoms with Gasteiger partial charge in [-0.3, -0.25) is 14.6 Å². The van der Waals surface area contributed by atoms with Crippen LogP contribution in [0.3, 0.4) is 0 Å². The Balaban J connectivity index is 1.81.